The Hall–Kier alpha value is -1.05. The van der Waals surface area contributed by atoms with E-state index in [4.69, 9.17) is 4.74 Å². The van der Waals surface area contributed by atoms with Gasteiger partial charge in [0.15, 0.2) is 0 Å². The molecule has 1 aromatic rings. The van der Waals surface area contributed by atoms with Crippen LogP contribution in [-0.4, -0.2) is 27.7 Å². The number of sulfonamides is 1. The van der Waals surface area contributed by atoms with Crippen LogP contribution in [0.4, 0.5) is 8.78 Å². The van der Waals surface area contributed by atoms with Gasteiger partial charge in [-0.3, -0.25) is 0 Å². The molecule has 7 heteroatoms. The fraction of sp³-hybridized carbons (Fsp3) is 0.571. The van der Waals surface area contributed by atoms with Gasteiger partial charge in [0.25, 0.3) is 0 Å². The largest absolute Gasteiger partial charge is 0.381 e. The zero-order valence-electron chi connectivity index (χ0n) is 11.4. The molecule has 0 aromatic heterocycles. The molecule has 1 N–H and O–H groups in total. The van der Waals surface area contributed by atoms with Crippen LogP contribution in [0.1, 0.15) is 25.7 Å². The maximum Gasteiger partial charge on any atom is 0.243 e. The first-order valence-electron chi connectivity index (χ1n) is 6.98. The van der Waals surface area contributed by atoms with Crippen molar-refractivity contribution in [2.75, 3.05) is 13.2 Å². The predicted molar refractivity (Wildman–Crippen MR) is 72.2 cm³/mol. The van der Waals surface area contributed by atoms with Gasteiger partial charge in [0.1, 0.15) is 16.5 Å². The Morgan fingerprint density at radius 2 is 1.90 bits per heavy atom. The van der Waals surface area contributed by atoms with Crippen molar-refractivity contribution < 1.29 is 21.9 Å². The van der Waals surface area contributed by atoms with Gasteiger partial charge in [0.2, 0.25) is 10.0 Å². The van der Waals surface area contributed by atoms with Gasteiger partial charge in [0, 0.05) is 19.3 Å². The minimum Gasteiger partial charge on any atom is -0.381 e. The highest BCUT2D eigenvalue weighted by atomic mass is 32.2. The fourth-order valence-corrected chi connectivity index (χ4v) is 4.65. The van der Waals surface area contributed by atoms with E-state index in [9.17, 15) is 17.2 Å². The third kappa shape index (κ3) is 2.69. The fourth-order valence-electron chi connectivity index (χ4n) is 3.19. The van der Waals surface area contributed by atoms with Crippen molar-refractivity contribution in [3.63, 3.8) is 0 Å². The molecule has 0 radical (unpaired) electrons. The molecule has 1 aliphatic carbocycles. The van der Waals surface area contributed by atoms with Crippen LogP contribution in [0.5, 0.6) is 0 Å². The monoisotopic (exact) mass is 317 g/mol. The number of benzene rings is 1. The summed E-state index contributed by atoms with van der Waals surface area (Å²) in [4.78, 5) is -0.628. The topological polar surface area (TPSA) is 55.4 Å². The lowest BCUT2D eigenvalue weighted by Gasteiger charge is -2.51. The maximum absolute atomic E-state index is 13.7. The van der Waals surface area contributed by atoms with Gasteiger partial charge in [-0.25, -0.2) is 21.9 Å². The average Bonchev–Trinajstić information content (AvgIpc) is 2.47. The third-order valence-electron chi connectivity index (χ3n) is 4.64. The Morgan fingerprint density at radius 1 is 1.19 bits per heavy atom. The standard InChI is InChI=1S/C14H17F2NO3S/c15-10-1-2-11(16)12(9-10)21(18,19)17-13-3-4-14(13)5-7-20-8-6-14/h1-2,9,13,17H,3-8H2. The van der Waals surface area contributed by atoms with E-state index in [-0.39, 0.29) is 11.5 Å². The van der Waals surface area contributed by atoms with E-state index in [0.717, 1.165) is 37.8 Å². The highest BCUT2D eigenvalue weighted by Gasteiger charge is 2.49. The third-order valence-corrected chi connectivity index (χ3v) is 6.13. The molecule has 21 heavy (non-hydrogen) atoms. The van der Waals surface area contributed by atoms with Crippen molar-refractivity contribution in [2.45, 2.75) is 36.6 Å². The molecule has 2 fully saturated rings. The second-order valence-corrected chi connectivity index (χ2v) is 7.44. The summed E-state index contributed by atoms with van der Waals surface area (Å²) in [5, 5.41) is 0. The molecular weight excluding hydrogens is 300 g/mol. The Morgan fingerprint density at radius 3 is 2.52 bits per heavy atom. The minimum atomic E-state index is -4.05. The Kier molecular flexibility index (Phi) is 3.75. The zero-order valence-corrected chi connectivity index (χ0v) is 12.3. The van der Waals surface area contributed by atoms with Crippen LogP contribution in [0.3, 0.4) is 0 Å². The first-order chi connectivity index (χ1) is 9.93. The molecule has 3 rings (SSSR count). The van der Waals surface area contributed by atoms with Crippen LogP contribution in [0.25, 0.3) is 0 Å². The van der Waals surface area contributed by atoms with Gasteiger partial charge in [-0.05, 0) is 49.3 Å². The predicted octanol–water partition coefficient (Wildman–Crippen LogP) is 2.20. The van der Waals surface area contributed by atoms with Crippen molar-refractivity contribution in [3.05, 3.63) is 29.8 Å². The van der Waals surface area contributed by atoms with Crippen molar-refractivity contribution in [1.29, 1.82) is 0 Å². The van der Waals surface area contributed by atoms with Crippen molar-refractivity contribution in [3.8, 4) is 0 Å². The summed E-state index contributed by atoms with van der Waals surface area (Å²) < 4.78 is 59.3. The lowest BCUT2D eigenvalue weighted by Crippen LogP contribution is -2.57. The van der Waals surface area contributed by atoms with Gasteiger partial charge in [-0.2, -0.15) is 0 Å². The van der Waals surface area contributed by atoms with Crippen LogP contribution < -0.4 is 4.72 Å². The van der Waals surface area contributed by atoms with Crippen LogP contribution in [0, 0.1) is 17.0 Å². The lowest BCUT2D eigenvalue weighted by atomic mass is 9.60. The van der Waals surface area contributed by atoms with Crippen molar-refractivity contribution in [2.24, 2.45) is 5.41 Å². The molecule has 2 aliphatic rings. The molecule has 1 aromatic carbocycles. The number of nitrogens with one attached hydrogen (secondary N) is 1. The Balaban J connectivity index is 1.82. The second-order valence-electron chi connectivity index (χ2n) is 5.76. The molecule has 0 bridgehead atoms. The van der Waals surface area contributed by atoms with Gasteiger partial charge < -0.3 is 4.74 Å². The van der Waals surface area contributed by atoms with E-state index in [1.54, 1.807) is 0 Å². The van der Waals surface area contributed by atoms with Gasteiger partial charge >= 0.3 is 0 Å². The number of rotatable bonds is 3. The highest BCUT2D eigenvalue weighted by molar-refractivity contribution is 7.89. The van der Waals surface area contributed by atoms with E-state index in [2.05, 4.69) is 4.72 Å². The molecule has 1 unspecified atom stereocenters. The van der Waals surface area contributed by atoms with Crippen molar-refractivity contribution >= 4 is 10.0 Å². The van der Waals surface area contributed by atoms with E-state index >= 15 is 0 Å². The summed E-state index contributed by atoms with van der Waals surface area (Å²) in [5.41, 5.74) is -0.0882. The lowest BCUT2D eigenvalue weighted by molar-refractivity contribution is -0.0483. The molecule has 116 valence electrons. The van der Waals surface area contributed by atoms with E-state index < -0.39 is 26.6 Å². The molecular formula is C14H17F2NO3S. The average molecular weight is 317 g/mol. The molecule has 4 nitrogen and oxygen atoms in total. The SMILES string of the molecule is O=S(=O)(NC1CCC12CCOCC2)c1cc(F)ccc1F. The maximum atomic E-state index is 13.7. The molecule has 1 heterocycles. The summed E-state index contributed by atoms with van der Waals surface area (Å²) in [6, 6.07) is 2.22. The summed E-state index contributed by atoms with van der Waals surface area (Å²) in [5.74, 6) is -1.71. The molecule has 1 spiro atoms. The Bertz CT molecular complexity index is 642. The first-order valence-corrected chi connectivity index (χ1v) is 8.46. The van der Waals surface area contributed by atoms with E-state index in [0.29, 0.717) is 19.3 Å². The minimum absolute atomic E-state index is 0.0882. The number of hydrogen-bond donors (Lipinski definition) is 1. The summed E-state index contributed by atoms with van der Waals surface area (Å²) >= 11 is 0. The van der Waals surface area contributed by atoms with Gasteiger partial charge in [-0.15, -0.1) is 0 Å². The smallest absolute Gasteiger partial charge is 0.243 e. The van der Waals surface area contributed by atoms with E-state index in [1.165, 1.54) is 0 Å². The summed E-state index contributed by atoms with van der Waals surface area (Å²) in [6.45, 7) is 1.24. The first kappa shape index (κ1) is 14.9. The molecule has 1 aliphatic heterocycles. The van der Waals surface area contributed by atoms with Crippen LogP contribution >= 0.6 is 0 Å². The molecule has 1 saturated carbocycles. The quantitative estimate of drug-likeness (QED) is 0.930. The Labute approximate surface area is 122 Å². The number of ether oxygens (including phenoxy) is 1. The van der Waals surface area contributed by atoms with E-state index in [1.807, 2.05) is 0 Å². The van der Waals surface area contributed by atoms with Crippen LogP contribution in [-0.2, 0) is 14.8 Å². The van der Waals surface area contributed by atoms with Gasteiger partial charge in [-0.1, -0.05) is 0 Å². The van der Waals surface area contributed by atoms with Crippen LogP contribution in [0.2, 0.25) is 0 Å². The molecule has 1 atom stereocenters. The molecule has 1 saturated heterocycles. The summed E-state index contributed by atoms with van der Waals surface area (Å²) in [7, 11) is -4.05. The zero-order chi connectivity index (χ0) is 15.1. The van der Waals surface area contributed by atoms with Gasteiger partial charge in [0.05, 0.1) is 0 Å². The molecule has 0 amide bonds. The number of hydrogen-bond acceptors (Lipinski definition) is 3. The second kappa shape index (κ2) is 5.30. The normalized spacial score (nSPS) is 24.8. The number of halogens is 2. The summed E-state index contributed by atoms with van der Waals surface area (Å²) in [6.07, 6.45) is 3.25. The van der Waals surface area contributed by atoms with Crippen molar-refractivity contribution in [1.82, 2.24) is 4.72 Å². The van der Waals surface area contributed by atoms with Crippen LogP contribution in [0.15, 0.2) is 23.1 Å². The highest BCUT2D eigenvalue weighted by Crippen LogP contribution is 2.49.